The highest BCUT2D eigenvalue weighted by atomic mass is 19.4. The molecule has 0 aliphatic carbocycles. The zero-order chi connectivity index (χ0) is 34.5. The number of alkyl halides is 9. The van der Waals surface area contributed by atoms with Crippen LogP contribution in [-0.2, 0) is 40.4 Å². The van der Waals surface area contributed by atoms with Crippen molar-refractivity contribution in [2.45, 2.75) is 44.6 Å². The predicted octanol–water partition coefficient (Wildman–Crippen LogP) is 3.31. The predicted molar refractivity (Wildman–Crippen MR) is 130 cm³/mol. The molecule has 0 unspecified atom stereocenters. The Morgan fingerprint density at radius 1 is 0.864 bits per heavy atom. The first-order valence-corrected chi connectivity index (χ1v) is 11.8. The number of rotatable bonds is 5. The van der Waals surface area contributed by atoms with Crippen molar-refractivity contribution in [1.82, 2.24) is 24.3 Å². The lowest BCUT2D eigenvalue weighted by Gasteiger charge is -2.20. The maximum absolute atomic E-state index is 10.6. The Labute approximate surface area is 243 Å². The van der Waals surface area contributed by atoms with Crippen LogP contribution in [0.15, 0.2) is 24.5 Å². The van der Waals surface area contributed by atoms with E-state index < -0.39 is 36.4 Å². The molecule has 44 heavy (non-hydrogen) atoms. The van der Waals surface area contributed by atoms with Crippen LogP contribution in [-0.4, -0.2) is 110 Å². The molecular weight excluding hydrogens is 629 g/mol. The molecule has 0 aromatic carbocycles. The Balaban J connectivity index is 0.000000721. The van der Waals surface area contributed by atoms with Gasteiger partial charge in [0.25, 0.3) is 0 Å². The lowest BCUT2D eigenvalue weighted by molar-refractivity contribution is -0.193. The van der Waals surface area contributed by atoms with E-state index in [9.17, 15) is 39.5 Å². The van der Waals surface area contributed by atoms with E-state index in [0.29, 0.717) is 0 Å². The third kappa shape index (κ3) is 15.4. The fourth-order valence-electron chi connectivity index (χ4n) is 3.12. The third-order valence-corrected chi connectivity index (χ3v) is 4.96. The van der Waals surface area contributed by atoms with E-state index in [1.165, 1.54) is 11.5 Å². The van der Waals surface area contributed by atoms with Crippen LogP contribution in [0.5, 0.6) is 5.88 Å². The summed E-state index contributed by atoms with van der Waals surface area (Å²) >= 11 is 0. The van der Waals surface area contributed by atoms with Crippen LogP contribution in [0, 0.1) is 0 Å². The summed E-state index contributed by atoms with van der Waals surface area (Å²) in [5.41, 5.74) is 2.44. The van der Waals surface area contributed by atoms with Crippen LogP contribution in [0.4, 0.5) is 39.5 Å². The Kier molecular flexibility index (Phi) is 15.6. The van der Waals surface area contributed by atoms with Crippen molar-refractivity contribution in [1.29, 1.82) is 0 Å². The molecule has 0 atom stereocenters. The van der Waals surface area contributed by atoms with Crippen molar-refractivity contribution in [2.75, 3.05) is 34.3 Å². The zero-order valence-electron chi connectivity index (χ0n) is 23.2. The van der Waals surface area contributed by atoms with Gasteiger partial charge in [-0.1, -0.05) is 6.07 Å². The van der Waals surface area contributed by atoms with E-state index in [2.05, 4.69) is 44.5 Å². The highest BCUT2D eigenvalue weighted by Gasteiger charge is 2.39. The maximum Gasteiger partial charge on any atom is 0.490 e. The largest absolute Gasteiger partial charge is 0.490 e. The number of aromatic nitrogens is 3. The van der Waals surface area contributed by atoms with E-state index in [0.717, 1.165) is 50.6 Å². The van der Waals surface area contributed by atoms with Crippen molar-refractivity contribution in [3.8, 4) is 5.88 Å². The molecule has 3 rings (SSSR count). The van der Waals surface area contributed by atoms with Gasteiger partial charge in [-0.3, -0.25) is 4.90 Å². The summed E-state index contributed by atoms with van der Waals surface area (Å²) in [5, 5.41) is 21.4. The summed E-state index contributed by atoms with van der Waals surface area (Å²) < 4.78 is 103. The Hall–Kier alpha value is -4.14. The van der Waals surface area contributed by atoms with Gasteiger partial charge in [-0.15, -0.1) is 0 Å². The summed E-state index contributed by atoms with van der Waals surface area (Å²) in [4.78, 5) is 40.2. The topological polar surface area (TPSA) is 158 Å². The maximum atomic E-state index is 10.6. The van der Waals surface area contributed by atoms with Gasteiger partial charge in [0.2, 0.25) is 5.88 Å². The number of ether oxygens (including phenoxy) is 1. The number of nitrogens with zero attached hydrogens (tertiary/aromatic N) is 5. The monoisotopic (exact) mass is 657 g/mol. The second-order valence-corrected chi connectivity index (χ2v) is 8.66. The standard InChI is InChI=1S/C17H25N5O.3C2HF3O2/c1-20(2)13-15-11-19-16-6-8-21(9-10-22(15)16)12-14-5-4-7-18-17(14)23-3;3*3-2(4,5)1(6)7/h4-5,7,11H,6,8-10,12-13H2,1-3H3;3*(H,6,7). The van der Waals surface area contributed by atoms with Crippen molar-refractivity contribution in [3.05, 3.63) is 41.6 Å². The average molecular weight is 657 g/mol. The molecular formula is C23H28F9N5O7. The number of halogens is 9. The molecule has 0 radical (unpaired) electrons. The summed E-state index contributed by atoms with van der Waals surface area (Å²) in [5.74, 6) is -6.35. The van der Waals surface area contributed by atoms with E-state index in [1.54, 1.807) is 13.3 Å². The first-order valence-electron chi connectivity index (χ1n) is 11.8. The number of carbonyl (C=O) groups is 3. The van der Waals surface area contributed by atoms with Crippen molar-refractivity contribution in [3.63, 3.8) is 0 Å². The number of hydrogen-bond acceptors (Lipinski definition) is 8. The molecule has 0 saturated heterocycles. The lowest BCUT2D eigenvalue weighted by atomic mass is 10.2. The van der Waals surface area contributed by atoms with Crippen LogP contribution >= 0.6 is 0 Å². The van der Waals surface area contributed by atoms with Crippen LogP contribution in [0.1, 0.15) is 17.1 Å². The van der Waals surface area contributed by atoms with Crippen molar-refractivity contribution >= 4 is 17.9 Å². The Morgan fingerprint density at radius 2 is 1.34 bits per heavy atom. The van der Waals surface area contributed by atoms with Gasteiger partial charge in [-0.2, -0.15) is 39.5 Å². The molecule has 0 bridgehead atoms. The van der Waals surface area contributed by atoms with E-state index in [4.69, 9.17) is 34.4 Å². The average Bonchev–Trinajstić information content (AvgIpc) is 3.13. The molecule has 0 saturated carbocycles. The number of hydrogen-bond donors (Lipinski definition) is 3. The molecule has 0 amide bonds. The second-order valence-electron chi connectivity index (χ2n) is 8.66. The van der Waals surface area contributed by atoms with Gasteiger partial charge in [0, 0.05) is 57.1 Å². The molecule has 1 aliphatic heterocycles. The van der Waals surface area contributed by atoms with Crippen molar-refractivity contribution in [2.24, 2.45) is 0 Å². The molecule has 3 N–H and O–H groups in total. The molecule has 2 aromatic heterocycles. The molecule has 1 aliphatic rings. The quantitative estimate of drug-likeness (QED) is 0.405. The van der Waals surface area contributed by atoms with Gasteiger partial charge >= 0.3 is 36.4 Å². The molecule has 0 spiro atoms. The van der Waals surface area contributed by atoms with Crippen LogP contribution in [0.3, 0.4) is 0 Å². The van der Waals surface area contributed by atoms with Gasteiger partial charge in [0.05, 0.1) is 12.8 Å². The number of pyridine rings is 1. The fourth-order valence-corrected chi connectivity index (χ4v) is 3.12. The van der Waals surface area contributed by atoms with E-state index in [1.807, 2.05) is 12.3 Å². The number of carboxylic acids is 3. The molecule has 250 valence electrons. The summed E-state index contributed by atoms with van der Waals surface area (Å²) in [7, 11) is 5.87. The van der Waals surface area contributed by atoms with Gasteiger partial charge in [0.15, 0.2) is 0 Å². The molecule has 12 nitrogen and oxygen atoms in total. The molecule has 21 heteroatoms. The summed E-state index contributed by atoms with van der Waals surface area (Å²) in [6.07, 6.45) is -10.5. The number of carboxylic acid groups (broad SMARTS) is 3. The summed E-state index contributed by atoms with van der Waals surface area (Å²) in [6.45, 7) is 4.81. The first kappa shape index (κ1) is 39.9. The third-order valence-electron chi connectivity index (χ3n) is 4.96. The number of methoxy groups -OCH3 is 1. The molecule has 3 heterocycles. The minimum absolute atomic E-state index is 0.725. The highest BCUT2D eigenvalue weighted by Crippen LogP contribution is 2.19. The van der Waals surface area contributed by atoms with Crippen LogP contribution in [0.2, 0.25) is 0 Å². The number of fused-ring (bicyclic) bond motifs is 1. The normalized spacial score (nSPS) is 13.5. The minimum Gasteiger partial charge on any atom is -0.481 e. The SMILES string of the molecule is COc1ncccc1CN1CCc2ncc(CN(C)C)n2CC1.O=C(O)C(F)(F)F.O=C(O)C(F)(F)F.O=C(O)C(F)(F)F. The molecule has 0 fully saturated rings. The number of aliphatic carboxylic acids is 3. The molecule has 2 aromatic rings. The van der Waals surface area contributed by atoms with Gasteiger partial charge in [0.1, 0.15) is 5.82 Å². The van der Waals surface area contributed by atoms with E-state index >= 15 is 0 Å². The number of imidazole rings is 1. The summed E-state index contributed by atoms with van der Waals surface area (Å²) in [6, 6.07) is 4.06. The fraction of sp³-hybridized carbons (Fsp3) is 0.522. The smallest absolute Gasteiger partial charge is 0.481 e. The zero-order valence-corrected chi connectivity index (χ0v) is 23.2. The van der Waals surface area contributed by atoms with E-state index in [-0.39, 0.29) is 0 Å². The first-order chi connectivity index (χ1) is 20.0. The highest BCUT2D eigenvalue weighted by molar-refractivity contribution is 5.73. The second kappa shape index (κ2) is 17.2. The van der Waals surface area contributed by atoms with Gasteiger partial charge in [-0.25, -0.2) is 24.4 Å². The Morgan fingerprint density at radius 3 is 1.75 bits per heavy atom. The Bertz CT molecular complexity index is 1160. The van der Waals surface area contributed by atoms with Crippen molar-refractivity contribution < 1.29 is 74.0 Å². The van der Waals surface area contributed by atoms with Gasteiger partial charge < -0.3 is 29.5 Å². The van der Waals surface area contributed by atoms with Crippen LogP contribution in [0.25, 0.3) is 0 Å². The lowest BCUT2D eigenvalue weighted by Crippen LogP contribution is -2.27. The van der Waals surface area contributed by atoms with Gasteiger partial charge in [-0.05, 0) is 20.2 Å². The van der Waals surface area contributed by atoms with Crippen LogP contribution < -0.4 is 4.74 Å². The minimum atomic E-state index is -5.08.